The van der Waals surface area contributed by atoms with Crippen LogP contribution in [0.4, 0.5) is 22.0 Å². The van der Waals surface area contributed by atoms with Gasteiger partial charge < -0.3 is 15.4 Å². The van der Waals surface area contributed by atoms with Crippen LogP contribution in [0.15, 0.2) is 18.2 Å². The maximum atomic E-state index is 13.8. The van der Waals surface area contributed by atoms with E-state index in [0.717, 1.165) is 6.42 Å². The van der Waals surface area contributed by atoms with Crippen molar-refractivity contribution in [3.05, 3.63) is 29.3 Å². The van der Waals surface area contributed by atoms with Gasteiger partial charge in [0.05, 0.1) is 12.8 Å². The Hall–Kier alpha value is -2.15. The van der Waals surface area contributed by atoms with E-state index in [4.69, 9.17) is 16.3 Å². The molecule has 2 rings (SSSR count). The number of ether oxygens (including phenoxy) is 1. The Labute approximate surface area is 126 Å². The zero-order valence-electron chi connectivity index (χ0n) is 11.7. The predicted octanol–water partition coefficient (Wildman–Crippen LogP) is 3.24. The van der Waals surface area contributed by atoms with Gasteiger partial charge in [-0.15, -0.1) is 0 Å². The molecule has 0 unspecified atom stereocenters. The lowest BCUT2D eigenvalue weighted by molar-refractivity contribution is 0.414. The van der Waals surface area contributed by atoms with E-state index in [2.05, 4.69) is 25.6 Å². The van der Waals surface area contributed by atoms with Crippen molar-refractivity contribution in [3.8, 4) is 5.75 Å². The summed E-state index contributed by atoms with van der Waals surface area (Å²) in [5.74, 6) is 0.558. The van der Waals surface area contributed by atoms with E-state index in [1.807, 2.05) is 6.92 Å². The minimum atomic E-state index is -0.449. The highest BCUT2D eigenvalue weighted by Gasteiger charge is 2.09. The molecule has 0 aliphatic rings. The van der Waals surface area contributed by atoms with Gasteiger partial charge in [0.25, 0.3) is 0 Å². The van der Waals surface area contributed by atoms with Gasteiger partial charge in [-0.25, -0.2) is 4.39 Å². The molecule has 1 aromatic heterocycles. The first-order valence-corrected chi connectivity index (χ1v) is 6.76. The average Bonchev–Trinajstić information content (AvgIpc) is 2.47. The van der Waals surface area contributed by atoms with Gasteiger partial charge >= 0.3 is 0 Å². The number of hydrogen-bond donors (Lipinski definition) is 2. The molecule has 2 aromatic rings. The van der Waals surface area contributed by atoms with E-state index in [9.17, 15) is 4.39 Å². The van der Waals surface area contributed by atoms with Gasteiger partial charge in [0.15, 0.2) is 0 Å². The highest BCUT2D eigenvalue weighted by molar-refractivity contribution is 6.28. The third-order valence-corrected chi connectivity index (χ3v) is 2.73. The Morgan fingerprint density at radius 3 is 2.71 bits per heavy atom. The summed E-state index contributed by atoms with van der Waals surface area (Å²) in [6.07, 6.45) is 0.913. The largest absolute Gasteiger partial charge is 0.497 e. The number of nitrogens with one attached hydrogen (secondary N) is 2. The summed E-state index contributed by atoms with van der Waals surface area (Å²) in [4.78, 5) is 12.0. The molecule has 8 heteroatoms. The monoisotopic (exact) mass is 311 g/mol. The highest BCUT2D eigenvalue weighted by Crippen LogP contribution is 2.24. The number of rotatable bonds is 6. The molecule has 21 heavy (non-hydrogen) atoms. The van der Waals surface area contributed by atoms with Crippen LogP contribution in [0.3, 0.4) is 0 Å². The minimum absolute atomic E-state index is 0.0226. The number of benzene rings is 1. The van der Waals surface area contributed by atoms with Gasteiger partial charge in [0.1, 0.15) is 11.6 Å². The Morgan fingerprint density at radius 1 is 1.24 bits per heavy atom. The number of halogens is 2. The Balaban J connectivity index is 2.24. The van der Waals surface area contributed by atoms with Crippen LogP contribution in [0.25, 0.3) is 0 Å². The molecular formula is C13H15ClFN5O. The van der Waals surface area contributed by atoms with Crippen molar-refractivity contribution in [2.75, 3.05) is 24.3 Å². The summed E-state index contributed by atoms with van der Waals surface area (Å²) < 4.78 is 18.8. The van der Waals surface area contributed by atoms with Crippen LogP contribution in [0.5, 0.6) is 5.75 Å². The summed E-state index contributed by atoms with van der Waals surface area (Å²) in [6.45, 7) is 2.72. The molecule has 6 nitrogen and oxygen atoms in total. The number of methoxy groups -OCH3 is 1. The Morgan fingerprint density at radius 2 is 2.00 bits per heavy atom. The van der Waals surface area contributed by atoms with Crippen molar-refractivity contribution < 1.29 is 9.13 Å². The Bertz CT molecular complexity index is 626. The fraction of sp³-hybridized carbons (Fsp3) is 0.308. The molecule has 0 radical (unpaired) electrons. The van der Waals surface area contributed by atoms with Gasteiger partial charge in [0.2, 0.25) is 17.2 Å². The van der Waals surface area contributed by atoms with Crippen LogP contribution < -0.4 is 15.4 Å². The lowest BCUT2D eigenvalue weighted by Gasteiger charge is -2.09. The molecular weight excluding hydrogens is 297 g/mol. The molecule has 0 atom stereocenters. The Kier molecular flexibility index (Phi) is 5.10. The lowest BCUT2D eigenvalue weighted by Crippen LogP contribution is -2.08. The molecule has 0 spiro atoms. The molecule has 0 aliphatic carbocycles. The molecule has 0 aliphatic heterocycles. The van der Waals surface area contributed by atoms with E-state index in [-0.39, 0.29) is 16.9 Å². The zero-order chi connectivity index (χ0) is 15.2. The maximum absolute atomic E-state index is 13.8. The smallest absolute Gasteiger partial charge is 0.233 e. The minimum Gasteiger partial charge on any atom is -0.497 e. The summed E-state index contributed by atoms with van der Waals surface area (Å²) in [6, 6.07) is 4.32. The average molecular weight is 312 g/mol. The molecule has 112 valence electrons. The van der Waals surface area contributed by atoms with Crippen LogP contribution in [-0.4, -0.2) is 28.6 Å². The summed E-state index contributed by atoms with van der Waals surface area (Å²) in [5.41, 5.74) is 0.193. The zero-order valence-corrected chi connectivity index (χ0v) is 12.4. The van der Waals surface area contributed by atoms with Gasteiger partial charge in [-0.3, -0.25) is 0 Å². The van der Waals surface area contributed by atoms with Crippen LogP contribution >= 0.6 is 11.6 Å². The second-order valence-corrected chi connectivity index (χ2v) is 4.49. The molecule has 0 amide bonds. The topological polar surface area (TPSA) is 72.0 Å². The van der Waals surface area contributed by atoms with Crippen molar-refractivity contribution in [1.82, 2.24) is 15.0 Å². The SMILES string of the molecule is CCCNc1nc(Cl)nc(Nc2cc(OC)ccc2F)n1. The van der Waals surface area contributed by atoms with Gasteiger partial charge in [-0.05, 0) is 30.2 Å². The second-order valence-electron chi connectivity index (χ2n) is 4.15. The van der Waals surface area contributed by atoms with Gasteiger partial charge in [-0.1, -0.05) is 6.92 Å². The van der Waals surface area contributed by atoms with Crippen LogP contribution in [0.1, 0.15) is 13.3 Å². The van der Waals surface area contributed by atoms with Crippen LogP contribution in [-0.2, 0) is 0 Å². The quantitative estimate of drug-likeness (QED) is 0.853. The van der Waals surface area contributed by atoms with Crippen molar-refractivity contribution in [1.29, 1.82) is 0 Å². The predicted molar refractivity (Wildman–Crippen MR) is 79.9 cm³/mol. The summed E-state index contributed by atoms with van der Waals surface area (Å²) >= 11 is 5.83. The number of anilines is 3. The van der Waals surface area contributed by atoms with Crippen molar-refractivity contribution >= 4 is 29.2 Å². The van der Waals surface area contributed by atoms with Crippen molar-refractivity contribution in [3.63, 3.8) is 0 Å². The van der Waals surface area contributed by atoms with Gasteiger partial charge in [-0.2, -0.15) is 15.0 Å². The molecule has 0 saturated carbocycles. The first-order valence-electron chi connectivity index (χ1n) is 6.38. The highest BCUT2D eigenvalue weighted by atomic mass is 35.5. The fourth-order valence-corrected chi connectivity index (χ4v) is 1.73. The molecule has 1 aromatic carbocycles. The van der Waals surface area contributed by atoms with E-state index in [1.54, 1.807) is 0 Å². The van der Waals surface area contributed by atoms with Crippen molar-refractivity contribution in [2.45, 2.75) is 13.3 Å². The number of nitrogens with zero attached hydrogens (tertiary/aromatic N) is 3. The maximum Gasteiger partial charge on any atom is 0.233 e. The van der Waals surface area contributed by atoms with Crippen molar-refractivity contribution in [2.24, 2.45) is 0 Å². The number of hydrogen-bond acceptors (Lipinski definition) is 6. The van der Waals surface area contributed by atoms with E-state index in [0.29, 0.717) is 18.2 Å². The third kappa shape index (κ3) is 4.16. The van der Waals surface area contributed by atoms with E-state index < -0.39 is 5.82 Å². The lowest BCUT2D eigenvalue weighted by atomic mass is 10.3. The summed E-state index contributed by atoms with van der Waals surface area (Å²) in [7, 11) is 1.50. The molecule has 0 fully saturated rings. The fourth-order valence-electron chi connectivity index (χ4n) is 1.57. The van der Waals surface area contributed by atoms with Crippen LogP contribution in [0.2, 0.25) is 5.28 Å². The second kappa shape index (κ2) is 7.03. The molecule has 1 heterocycles. The van der Waals surface area contributed by atoms with Crippen LogP contribution in [0, 0.1) is 5.82 Å². The molecule has 0 saturated heterocycles. The molecule has 0 bridgehead atoms. The third-order valence-electron chi connectivity index (χ3n) is 2.56. The standard InChI is InChI=1S/C13H15ClFN5O/c1-3-6-16-12-18-11(14)19-13(20-12)17-10-7-8(21-2)4-5-9(10)15/h4-5,7H,3,6H2,1-2H3,(H2,16,17,18,19,20). The summed E-state index contributed by atoms with van der Waals surface area (Å²) in [5, 5.41) is 5.78. The van der Waals surface area contributed by atoms with E-state index in [1.165, 1.54) is 25.3 Å². The first-order chi connectivity index (χ1) is 10.1. The number of aromatic nitrogens is 3. The van der Waals surface area contributed by atoms with E-state index >= 15 is 0 Å². The van der Waals surface area contributed by atoms with Gasteiger partial charge in [0, 0.05) is 12.6 Å². The first kappa shape index (κ1) is 15.2. The normalized spacial score (nSPS) is 10.3. The molecule has 2 N–H and O–H groups in total.